The van der Waals surface area contributed by atoms with Gasteiger partial charge in [0.1, 0.15) is 0 Å². The first-order chi connectivity index (χ1) is 8.95. The van der Waals surface area contributed by atoms with Crippen LogP contribution in [0.5, 0.6) is 0 Å². The van der Waals surface area contributed by atoms with Crippen LogP contribution >= 0.6 is 0 Å². The predicted octanol–water partition coefficient (Wildman–Crippen LogP) is 4.33. The Morgan fingerprint density at radius 2 is 1.37 bits per heavy atom. The van der Waals surface area contributed by atoms with E-state index < -0.39 is 17.5 Å². The topological polar surface area (TPSA) is 12.0 Å². The number of hydrogen-bond acceptors (Lipinski definition) is 1. The Labute approximate surface area is 110 Å². The molecule has 0 aliphatic carbocycles. The summed E-state index contributed by atoms with van der Waals surface area (Å²) in [7, 11) is 0. The van der Waals surface area contributed by atoms with Crippen LogP contribution in [0.3, 0.4) is 0 Å². The van der Waals surface area contributed by atoms with Gasteiger partial charge >= 0.3 is 0 Å². The maximum absolute atomic E-state index is 13.1. The van der Waals surface area contributed by atoms with Crippen LogP contribution in [0.2, 0.25) is 0 Å². The molecule has 0 radical (unpaired) electrons. The fourth-order valence-electron chi connectivity index (χ4n) is 1.99. The van der Waals surface area contributed by atoms with E-state index >= 15 is 0 Å². The lowest BCUT2D eigenvalue weighted by Crippen LogP contribution is -2.02. The third-order valence-corrected chi connectivity index (χ3v) is 2.76. The Morgan fingerprint density at radius 3 is 1.89 bits per heavy atom. The van der Waals surface area contributed by atoms with E-state index in [1.807, 2.05) is 32.0 Å². The van der Waals surface area contributed by atoms with Crippen molar-refractivity contribution in [3.05, 3.63) is 64.5 Å². The highest BCUT2D eigenvalue weighted by molar-refractivity contribution is 5.48. The number of nitrogens with one attached hydrogen (secondary N) is 1. The van der Waals surface area contributed by atoms with Gasteiger partial charge in [0.15, 0.2) is 17.5 Å². The standard InChI is InChI=1S/C15H14F3N/c1-9-3-10(2)5-12(4-9)19-8-11-6-13(16)15(18)14(17)7-11/h3-7,19H,8H2,1-2H3. The van der Waals surface area contributed by atoms with Gasteiger partial charge in [0.2, 0.25) is 0 Å². The molecule has 2 rings (SSSR count). The SMILES string of the molecule is Cc1cc(C)cc(NCc2cc(F)c(F)c(F)c2)c1. The van der Waals surface area contributed by atoms with Crippen molar-refractivity contribution in [1.82, 2.24) is 0 Å². The van der Waals surface area contributed by atoms with Crippen molar-refractivity contribution in [2.75, 3.05) is 5.32 Å². The lowest BCUT2D eigenvalue weighted by atomic mass is 10.1. The summed E-state index contributed by atoms with van der Waals surface area (Å²) in [6.07, 6.45) is 0. The van der Waals surface area contributed by atoms with Gasteiger partial charge in [0.05, 0.1) is 0 Å². The maximum atomic E-state index is 13.1. The van der Waals surface area contributed by atoms with Crippen LogP contribution in [0.1, 0.15) is 16.7 Å². The van der Waals surface area contributed by atoms with Crippen LogP contribution < -0.4 is 5.32 Å². The first-order valence-corrected chi connectivity index (χ1v) is 5.91. The summed E-state index contributed by atoms with van der Waals surface area (Å²) in [6.45, 7) is 4.17. The van der Waals surface area contributed by atoms with Crippen LogP contribution in [0.25, 0.3) is 0 Å². The average Bonchev–Trinajstić information content (AvgIpc) is 2.32. The summed E-state index contributed by atoms with van der Waals surface area (Å²) in [5.41, 5.74) is 3.41. The van der Waals surface area contributed by atoms with E-state index in [0.717, 1.165) is 28.9 Å². The summed E-state index contributed by atoms with van der Waals surface area (Å²) in [6, 6.07) is 7.89. The number of benzene rings is 2. The molecule has 0 aromatic heterocycles. The van der Waals surface area contributed by atoms with Gasteiger partial charge in [-0.1, -0.05) is 6.07 Å². The molecule has 0 unspecified atom stereocenters. The van der Waals surface area contributed by atoms with E-state index in [0.29, 0.717) is 5.56 Å². The van der Waals surface area contributed by atoms with Gasteiger partial charge in [-0.05, 0) is 54.8 Å². The normalized spacial score (nSPS) is 10.6. The molecule has 2 aromatic rings. The molecule has 100 valence electrons. The van der Waals surface area contributed by atoms with E-state index in [4.69, 9.17) is 0 Å². The van der Waals surface area contributed by atoms with E-state index in [1.54, 1.807) is 0 Å². The number of halogens is 3. The second-order valence-corrected chi connectivity index (χ2v) is 4.60. The maximum Gasteiger partial charge on any atom is 0.194 e. The molecule has 0 aliphatic heterocycles. The van der Waals surface area contributed by atoms with Crippen LogP contribution in [0.4, 0.5) is 18.9 Å². The van der Waals surface area contributed by atoms with Gasteiger partial charge < -0.3 is 5.32 Å². The Morgan fingerprint density at radius 1 is 0.842 bits per heavy atom. The molecule has 0 aliphatic rings. The second kappa shape index (κ2) is 5.34. The molecule has 0 saturated heterocycles. The molecule has 1 nitrogen and oxygen atoms in total. The Hall–Kier alpha value is -1.97. The molecule has 0 heterocycles. The predicted molar refractivity (Wildman–Crippen MR) is 69.6 cm³/mol. The Balaban J connectivity index is 2.14. The van der Waals surface area contributed by atoms with Gasteiger partial charge in [-0.15, -0.1) is 0 Å². The number of rotatable bonds is 3. The zero-order chi connectivity index (χ0) is 14.0. The van der Waals surface area contributed by atoms with Gasteiger partial charge in [-0.3, -0.25) is 0 Å². The molecular weight excluding hydrogens is 251 g/mol. The summed E-state index contributed by atoms with van der Waals surface area (Å²) >= 11 is 0. The zero-order valence-corrected chi connectivity index (χ0v) is 10.7. The molecule has 0 fully saturated rings. The van der Waals surface area contributed by atoms with Crippen LogP contribution in [-0.4, -0.2) is 0 Å². The highest BCUT2D eigenvalue weighted by atomic mass is 19.2. The zero-order valence-electron chi connectivity index (χ0n) is 10.7. The molecule has 0 bridgehead atoms. The Bertz CT molecular complexity index is 565. The second-order valence-electron chi connectivity index (χ2n) is 4.60. The highest BCUT2D eigenvalue weighted by Gasteiger charge is 2.10. The molecule has 0 spiro atoms. The van der Waals surface area contributed by atoms with E-state index in [-0.39, 0.29) is 6.54 Å². The molecule has 2 aromatic carbocycles. The van der Waals surface area contributed by atoms with Crippen LogP contribution in [0, 0.1) is 31.3 Å². The monoisotopic (exact) mass is 265 g/mol. The van der Waals surface area contributed by atoms with Crippen molar-refractivity contribution < 1.29 is 13.2 Å². The van der Waals surface area contributed by atoms with Crippen molar-refractivity contribution in [3.63, 3.8) is 0 Å². The van der Waals surface area contributed by atoms with Gasteiger partial charge in [-0.2, -0.15) is 0 Å². The largest absolute Gasteiger partial charge is 0.381 e. The summed E-state index contributed by atoms with van der Waals surface area (Å²) in [5, 5.41) is 3.06. The van der Waals surface area contributed by atoms with Crippen LogP contribution in [0.15, 0.2) is 30.3 Å². The summed E-state index contributed by atoms with van der Waals surface area (Å²) in [5.74, 6) is -3.77. The average molecular weight is 265 g/mol. The first-order valence-electron chi connectivity index (χ1n) is 5.91. The quantitative estimate of drug-likeness (QED) is 0.814. The van der Waals surface area contributed by atoms with Crippen molar-refractivity contribution in [2.45, 2.75) is 20.4 Å². The molecule has 0 atom stereocenters. The van der Waals surface area contributed by atoms with Gasteiger partial charge in [0, 0.05) is 12.2 Å². The minimum Gasteiger partial charge on any atom is -0.381 e. The highest BCUT2D eigenvalue weighted by Crippen LogP contribution is 2.17. The van der Waals surface area contributed by atoms with Crippen molar-refractivity contribution in [1.29, 1.82) is 0 Å². The molecule has 0 saturated carbocycles. The summed E-state index contributed by atoms with van der Waals surface area (Å²) < 4.78 is 38.9. The minimum absolute atomic E-state index is 0.233. The number of aryl methyl sites for hydroxylation is 2. The minimum atomic E-state index is -1.44. The third-order valence-electron chi connectivity index (χ3n) is 2.76. The smallest absolute Gasteiger partial charge is 0.194 e. The van der Waals surface area contributed by atoms with Crippen molar-refractivity contribution >= 4 is 5.69 Å². The third kappa shape index (κ3) is 3.28. The fourth-order valence-corrected chi connectivity index (χ4v) is 1.99. The lowest BCUT2D eigenvalue weighted by Gasteiger charge is -2.09. The van der Waals surface area contributed by atoms with E-state index in [9.17, 15) is 13.2 Å². The number of hydrogen-bond donors (Lipinski definition) is 1. The molecular formula is C15H14F3N. The van der Waals surface area contributed by atoms with Gasteiger partial charge in [-0.25, -0.2) is 13.2 Å². The lowest BCUT2D eigenvalue weighted by molar-refractivity contribution is 0.445. The fraction of sp³-hybridized carbons (Fsp3) is 0.200. The van der Waals surface area contributed by atoms with Gasteiger partial charge in [0.25, 0.3) is 0 Å². The molecule has 1 N–H and O–H groups in total. The van der Waals surface area contributed by atoms with E-state index in [1.165, 1.54) is 0 Å². The number of anilines is 1. The van der Waals surface area contributed by atoms with Crippen molar-refractivity contribution in [3.8, 4) is 0 Å². The van der Waals surface area contributed by atoms with E-state index in [2.05, 4.69) is 5.32 Å². The van der Waals surface area contributed by atoms with Crippen molar-refractivity contribution in [2.24, 2.45) is 0 Å². The molecule has 4 heteroatoms. The van der Waals surface area contributed by atoms with Crippen LogP contribution in [-0.2, 0) is 6.54 Å². The first kappa shape index (κ1) is 13.5. The summed E-state index contributed by atoms with van der Waals surface area (Å²) in [4.78, 5) is 0. The Kier molecular flexibility index (Phi) is 3.79. The molecule has 0 amide bonds. The molecule has 19 heavy (non-hydrogen) atoms.